The van der Waals surface area contributed by atoms with Crippen molar-refractivity contribution in [3.8, 4) is 39.6 Å². The van der Waals surface area contributed by atoms with Crippen molar-refractivity contribution in [2.45, 2.75) is 33.1 Å². The van der Waals surface area contributed by atoms with Crippen LogP contribution in [0, 0.1) is 25.7 Å². The Morgan fingerprint density at radius 2 is 1.15 bits per heavy atom. The second kappa shape index (κ2) is 17.6. The summed E-state index contributed by atoms with van der Waals surface area (Å²) < 4.78 is 67.3. The van der Waals surface area contributed by atoms with Gasteiger partial charge >= 0.3 is 0 Å². The van der Waals surface area contributed by atoms with Crippen LogP contribution >= 0.6 is 0 Å². The number of rotatable bonds is 7. The van der Waals surface area contributed by atoms with Gasteiger partial charge in [0.25, 0.3) is 0 Å². The van der Waals surface area contributed by atoms with Crippen molar-refractivity contribution >= 4 is 88.2 Å². The van der Waals surface area contributed by atoms with Crippen molar-refractivity contribution in [3.05, 3.63) is 224 Å². The Balaban J connectivity index is 0.00000618. The monoisotopic (exact) mass is 1160 g/mol. The van der Waals surface area contributed by atoms with Gasteiger partial charge in [-0.1, -0.05) is 154 Å². The van der Waals surface area contributed by atoms with Crippen LogP contribution in [0.3, 0.4) is 0 Å². The summed E-state index contributed by atoms with van der Waals surface area (Å²) in [7, 11) is 0. The van der Waals surface area contributed by atoms with Crippen LogP contribution in [-0.2, 0) is 40.4 Å². The van der Waals surface area contributed by atoms with Crippen LogP contribution in [-0.4, -0.2) is 18.7 Å². The predicted octanol–water partition coefficient (Wildman–Crippen LogP) is 17.2. The molecule has 8 heteroatoms. The third-order valence-electron chi connectivity index (χ3n) is 14.8. The minimum absolute atomic E-state index is 0. The summed E-state index contributed by atoms with van der Waals surface area (Å²) in [4.78, 5) is 9.07. The van der Waals surface area contributed by atoms with E-state index in [0.717, 1.165) is 71.9 Å². The average molecular weight is 1160 g/mol. The Labute approximate surface area is 459 Å². The number of benzene rings is 9. The van der Waals surface area contributed by atoms with E-state index in [4.69, 9.17) is 9.72 Å². The van der Waals surface area contributed by atoms with Gasteiger partial charge in [-0.3, -0.25) is 0 Å². The van der Waals surface area contributed by atoms with Gasteiger partial charge in [0, 0.05) is 122 Å². The van der Waals surface area contributed by atoms with Crippen LogP contribution in [0.5, 0.6) is 11.5 Å². The van der Waals surface area contributed by atoms with E-state index >= 15 is 0 Å². The largest absolute Gasteiger partial charge is 0.509 e. The van der Waals surface area contributed by atoms with Crippen molar-refractivity contribution in [2.24, 2.45) is 14.0 Å². The Hall–Kier alpha value is -8.38. The number of para-hydroxylation sites is 5. The molecular weight excluding hydrogens is 1100 g/mol. The first-order valence-corrected chi connectivity index (χ1v) is 24.9. The van der Waals surface area contributed by atoms with Gasteiger partial charge in [0.1, 0.15) is 5.82 Å². The zero-order valence-corrected chi connectivity index (χ0v) is 43.7. The molecule has 75 heavy (non-hydrogen) atoms. The fourth-order valence-electron chi connectivity index (χ4n) is 11.5. The molecule has 7 nitrogen and oxygen atoms in total. The summed E-state index contributed by atoms with van der Waals surface area (Å²) in [6.45, 7) is 5.33. The molecule has 368 valence electrons. The first-order valence-electron chi connectivity index (χ1n) is 27.9. The number of ether oxygens (including phenoxy) is 1. The molecule has 0 radical (unpaired) electrons. The van der Waals surface area contributed by atoms with E-state index in [1.165, 1.54) is 14.7 Å². The van der Waals surface area contributed by atoms with Crippen LogP contribution in [0.25, 0.3) is 93.5 Å². The van der Waals surface area contributed by atoms with Gasteiger partial charge in [0.05, 0.1) is 16.7 Å². The number of nitrogens with zero attached hydrogens (tertiary/aromatic N) is 6. The summed E-state index contributed by atoms with van der Waals surface area (Å²) in [6.07, 6.45) is 1.96. The van der Waals surface area contributed by atoms with Gasteiger partial charge in [-0.2, -0.15) is 12.1 Å². The summed E-state index contributed by atoms with van der Waals surface area (Å²) in [6, 6.07) is 68.7. The molecule has 4 aromatic heterocycles. The topological polar surface area (TPSA) is 43.4 Å². The molecule has 1 aliphatic rings. The molecular formula is C67H51N6OPt-3. The van der Waals surface area contributed by atoms with Crippen LogP contribution in [0.1, 0.15) is 40.1 Å². The average Bonchev–Trinajstić information content (AvgIpc) is 4.41. The number of pyridine rings is 1. The van der Waals surface area contributed by atoms with E-state index in [-0.39, 0.29) is 26.5 Å². The van der Waals surface area contributed by atoms with E-state index < -0.39 is 14.0 Å². The first-order chi connectivity index (χ1) is 38.5. The number of anilines is 4. The van der Waals surface area contributed by atoms with Crippen LogP contribution in [0.15, 0.2) is 194 Å². The molecule has 0 amide bonds. The molecule has 14 rings (SSSR count). The minimum atomic E-state index is -2.70. The molecule has 0 aliphatic carbocycles. The maximum atomic E-state index is 9.24. The van der Waals surface area contributed by atoms with Gasteiger partial charge in [0.2, 0.25) is 0 Å². The fourth-order valence-corrected chi connectivity index (χ4v) is 11.5. The SMILES string of the molecule is [2H]C([2H])([2H])n1c2ccccc2c2c(-c3ccccc3)c3c4ccccc4n(C([2H])([2H])[2H])c3c(N3[CH-]N(c4[c-]c(Oc5[c-]c6c(cc5)c5cccc(C(C)(C)C)c5n6-c5cc(C)c(-c6ccccc6)cn5)ccc4)c4ccccc43)c21.[Pt]. The van der Waals surface area contributed by atoms with Crippen molar-refractivity contribution in [1.29, 1.82) is 0 Å². The van der Waals surface area contributed by atoms with Gasteiger partial charge in [-0.05, 0) is 70.3 Å². The number of aryl methyl sites for hydroxylation is 3. The van der Waals surface area contributed by atoms with Crippen LogP contribution in [0.4, 0.5) is 22.7 Å². The third kappa shape index (κ3) is 7.16. The molecule has 0 saturated heterocycles. The van der Waals surface area contributed by atoms with Gasteiger partial charge in [0.15, 0.2) is 0 Å². The maximum absolute atomic E-state index is 9.24. The number of hydrogen-bond acceptors (Lipinski definition) is 4. The Morgan fingerprint density at radius 1 is 0.560 bits per heavy atom. The molecule has 0 saturated carbocycles. The first kappa shape index (κ1) is 40.1. The Kier molecular flexibility index (Phi) is 9.42. The van der Waals surface area contributed by atoms with Gasteiger partial charge < -0.3 is 28.2 Å². The predicted molar refractivity (Wildman–Crippen MR) is 307 cm³/mol. The van der Waals surface area contributed by atoms with Crippen molar-refractivity contribution in [1.82, 2.24) is 18.7 Å². The molecule has 0 spiro atoms. The molecule has 1 aliphatic heterocycles. The maximum Gasteiger partial charge on any atom is 0.135 e. The number of fused-ring (bicyclic) bond motifs is 10. The second-order valence-electron chi connectivity index (χ2n) is 20.2. The quantitative estimate of drug-likeness (QED) is 0.149. The smallest absolute Gasteiger partial charge is 0.135 e. The van der Waals surface area contributed by atoms with Gasteiger partial charge in [-0.25, -0.2) is 4.98 Å². The van der Waals surface area contributed by atoms with E-state index in [1.54, 1.807) is 0 Å². The second-order valence-corrected chi connectivity index (χ2v) is 20.2. The van der Waals surface area contributed by atoms with Crippen LogP contribution < -0.4 is 14.5 Å². The van der Waals surface area contributed by atoms with Crippen LogP contribution in [0.2, 0.25) is 0 Å². The minimum Gasteiger partial charge on any atom is -0.509 e. The molecule has 0 bridgehead atoms. The zero-order chi connectivity index (χ0) is 55.0. The molecule has 9 aromatic carbocycles. The molecule has 0 atom stereocenters. The molecule has 0 N–H and O–H groups in total. The number of aromatic nitrogens is 4. The van der Waals surface area contributed by atoms with Crippen molar-refractivity contribution < 1.29 is 34.0 Å². The fraction of sp³-hybridized carbons (Fsp3) is 0.104. The third-order valence-corrected chi connectivity index (χ3v) is 14.8. The summed E-state index contributed by atoms with van der Waals surface area (Å²) >= 11 is 0. The normalized spacial score (nSPS) is 14.2. The summed E-state index contributed by atoms with van der Waals surface area (Å²) in [5, 5.41) is 4.95. The van der Waals surface area contributed by atoms with E-state index in [1.807, 2.05) is 168 Å². The Morgan fingerprint density at radius 3 is 1.80 bits per heavy atom. The van der Waals surface area contributed by atoms with Crippen molar-refractivity contribution in [2.75, 3.05) is 9.80 Å². The molecule has 0 unspecified atom stereocenters. The standard InChI is InChI=1S/C67H51N6O.Pt/c1-42-37-59(68-40-52(42)43-21-9-7-10-22-43)73-58-39-47(35-36-48(58)49-29-20-30-53(63(49)73)67(2,3)4)74-46-26-19-25-45(38-46)71-41-72(57-34-18-17-33-56(57)71)66-64-61(50-27-13-15-31-54(50)69(64)5)60(44-23-11-8-12-24-44)62-51-28-14-16-32-55(51)70(6)65(62)66;/h7-37,40-41H,1-6H3;/q-3;/i5D3,6D3;. The molecule has 13 aromatic rings. The van der Waals surface area contributed by atoms with Gasteiger partial charge in [-0.15, -0.1) is 48.1 Å². The van der Waals surface area contributed by atoms with E-state index in [2.05, 4.69) is 86.9 Å². The summed E-state index contributed by atoms with van der Waals surface area (Å²) in [5.74, 6) is 1.69. The number of hydrogen-bond donors (Lipinski definition) is 0. The molecule has 0 fully saturated rings. The van der Waals surface area contributed by atoms with Crippen molar-refractivity contribution in [3.63, 3.8) is 0 Å². The Bertz CT molecular complexity index is 4540. The summed E-state index contributed by atoms with van der Waals surface area (Å²) in [5.41, 5.74) is 11.9. The van der Waals surface area contributed by atoms with E-state index in [9.17, 15) is 8.22 Å². The van der Waals surface area contributed by atoms with E-state index in [0.29, 0.717) is 61.4 Å². The zero-order valence-electron chi connectivity index (χ0n) is 47.5. The molecule has 5 heterocycles.